The standard InChI is InChI=1S/C13H21NO3/c1-9(2)10-6-7-12(15-3)13(16-4)11(10)8-14-17-5/h6-7,9,14H,8H2,1-5H3. The molecule has 0 fully saturated rings. The second kappa shape index (κ2) is 6.47. The van der Waals surface area contributed by atoms with Crippen LogP contribution in [0.2, 0.25) is 0 Å². The summed E-state index contributed by atoms with van der Waals surface area (Å²) in [5.74, 6) is 1.93. The van der Waals surface area contributed by atoms with E-state index in [2.05, 4.69) is 25.4 Å². The van der Waals surface area contributed by atoms with Crippen molar-refractivity contribution in [2.45, 2.75) is 26.3 Å². The summed E-state index contributed by atoms with van der Waals surface area (Å²) in [5, 5.41) is 0. The molecule has 17 heavy (non-hydrogen) atoms. The molecule has 0 radical (unpaired) electrons. The van der Waals surface area contributed by atoms with Crippen LogP contribution in [0, 0.1) is 0 Å². The summed E-state index contributed by atoms with van der Waals surface area (Å²) in [7, 11) is 4.89. The Morgan fingerprint density at radius 3 is 2.29 bits per heavy atom. The average Bonchev–Trinajstić information content (AvgIpc) is 2.34. The van der Waals surface area contributed by atoms with Gasteiger partial charge in [0, 0.05) is 5.56 Å². The minimum atomic E-state index is 0.420. The highest BCUT2D eigenvalue weighted by Crippen LogP contribution is 2.36. The predicted molar refractivity (Wildman–Crippen MR) is 67.5 cm³/mol. The van der Waals surface area contributed by atoms with Crippen molar-refractivity contribution >= 4 is 0 Å². The molecule has 1 aromatic carbocycles. The quantitative estimate of drug-likeness (QED) is 0.774. The molecule has 0 aromatic heterocycles. The first-order chi connectivity index (χ1) is 8.15. The number of nitrogens with one attached hydrogen (secondary N) is 1. The lowest BCUT2D eigenvalue weighted by molar-refractivity contribution is 0.0858. The Morgan fingerprint density at radius 2 is 1.82 bits per heavy atom. The molecule has 0 atom stereocenters. The third-order valence-corrected chi connectivity index (χ3v) is 2.70. The van der Waals surface area contributed by atoms with Crippen LogP contribution in [0.1, 0.15) is 30.9 Å². The molecular formula is C13H21NO3. The van der Waals surface area contributed by atoms with E-state index in [9.17, 15) is 0 Å². The zero-order valence-electron chi connectivity index (χ0n) is 11.2. The van der Waals surface area contributed by atoms with Crippen molar-refractivity contribution in [2.75, 3.05) is 21.3 Å². The van der Waals surface area contributed by atoms with Gasteiger partial charge in [0.25, 0.3) is 0 Å². The van der Waals surface area contributed by atoms with Gasteiger partial charge in [-0.05, 0) is 17.5 Å². The molecule has 1 N–H and O–H groups in total. The number of benzene rings is 1. The Morgan fingerprint density at radius 1 is 1.12 bits per heavy atom. The number of hydrogen-bond acceptors (Lipinski definition) is 4. The molecule has 0 aliphatic carbocycles. The van der Waals surface area contributed by atoms with Crippen LogP contribution in [0.4, 0.5) is 0 Å². The molecule has 0 bridgehead atoms. The number of hydroxylamine groups is 1. The Bertz CT molecular complexity index is 364. The average molecular weight is 239 g/mol. The first-order valence-corrected chi connectivity index (χ1v) is 5.65. The van der Waals surface area contributed by atoms with Gasteiger partial charge in [-0.25, -0.2) is 0 Å². The monoisotopic (exact) mass is 239 g/mol. The van der Waals surface area contributed by atoms with Crippen molar-refractivity contribution < 1.29 is 14.3 Å². The summed E-state index contributed by atoms with van der Waals surface area (Å²) < 4.78 is 10.7. The summed E-state index contributed by atoms with van der Waals surface area (Å²) >= 11 is 0. The van der Waals surface area contributed by atoms with Gasteiger partial charge in [-0.1, -0.05) is 19.9 Å². The molecular weight excluding hydrogens is 218 g/mol. The topological polar surface area (TPSA) is 39.7 Å². The summed E-state index contributed by atoms with van der Waals surface area (Å²) in [6.07, 6.45) is 0. The summed E-state index contributed by atoms with van der Waals surface area (Å²) in [4.78, 5) is 4.91. The van der Waals surface area contributed by atoms with Crippen LogP contribution in [0.5, 0.6) is 11.5 Å². The van der Waals surface area contributed by atoms with Gasteiger partial charge in [0.1, 0.15) is 0 Å². The zero-order valence-corrected chi connectivity index (χ0v) is 11.2. The molecule has 0 aliphatic heterocycles. The smallest absolute Gasteiger partial charge is 0.165 e. The van der Waals surface area contributed by atoms with Gasteiger partial charge in [0.15, 0.2) is 11.5 Å². The zero-order chi connectivity index (χ0) is 12.8. The number of ether oxygens (including phenoxy) is 2. The van der Waals surface area contributed by atoms with E-state index in [0.717, 1.165) is 17.1 Å². The SMILES string of the molecule is CONCc1c(C(C)C)ccc(OC)c1OC. The Hall–Kier alpha value is -1.26. The lowest BCUT2D eigenvalue weighted by atomic mass is 9.96. The lowest BCUT2D eigenvalue weighted by Crippen LogP contribution is -2.14. The normalized spacial score (nSPS) is 10.7. The predicted octanol–water partition coefficient (Wildman–Crippen LogP) is 2.48. The van der Waals surface area contributed by atoms with Gasteiger partial charge in [-0.3, -0.25) is 0 Å². The van der Waals surface area contributed by atoms with E-state index >= 15 is 0 Å². The number of methoxy groups -OCH3 is 2. The van der Waals surface area contributed by atoms with Gasteiger partial charge in [0.2, 0.25) is 0 Å². The highest BCUT2D eigenvalue weighted by molar-refractivity contribution is 5.51. The van der Waals surface area contributed by atoms with Gasteiger partial charge in [0.05, 0.1) is 27.9 Å². The molecule has 4 nitrogen and oxygen atoms in total. The van der Waals surface area contributed by atoms with Crippen molar-refractivity contribution in [3.63, 3.8) is 0 Å². The molecule has 0 saturated carbocycles. The van der Waals surface area contributed by atoms with E-state index in [0.29, 0.717) is 12.5 Å². The first-order valence-electron chi connectivity index (χ1n) is 5.65. The Labute approximate surface area is 103 Å². The minimum absolute atomic E-state index is 0.420. The number of rotatable bonds is 6. The minimum Gasteiger partial charge on any atom is -0.493 e. The third-order valence-electron chi connectivity index (χ3n) is 2.70. The van der Waals surface area contributed by atoms with E-state index in [1.807, 2.05) is 6.07 Å². The van der Waals surface area contributed by atoms with Crippen LogP contribution in [-0.4, -0.2) is 21.3 Å². The molecule has 0 amide bonds. The van der Waals surface area contributed by atoms with Crippen LogP contribution in [-0.2, 0) is 11.4 Å². The second-order valence-electron chi connectivity index (χ2n) is 4.05. The Balaban J connectivity index is 3.23. The van der Waals surface area contributed by atoms with Crippen LogP contribution in [0.15, 0.2) is 12.1 Å². The van der Waals surface area contributed by atoms with Crippen molar-refractivity contribution in [3.8, 4) is 11.5 Å². The van der Waals surface area contributed by atoms with Crippen LogP contribution < -0.4 is 15.0 Å². The summed E-state index contributed by atoms with van der Waals surface area (Å²) in [6, 6.07) is 4.00. The fraction of sp³-hybridized carbons (Fsp3) is 0.538. The van der Waals surface area contributed by atoms with Crippen LogP contribution in [0.25, 0.3) is 0 Å². The van der Waals surface area contributed by atoms with Gasteiger partial charge in [-0.15, -0.1) is 0 Å². The van der Waals surface area contributed by atoms with Crippen molar-refractivity contribution in [2.24, 2.45) is 0 Å². The van der Waals surface area contributed by atoms with E-state index in [1.165, 1.54) is 5.56 Å². The van der Waals surface area contributed by atoms with Crippen LogP contribution in [0.3, 0.4) is 0 Å². The third kappa shape index (κ3) is 3.11. The van der Waals surface area contributed by atoms with Crippen molar-refractivity contribution in [1.29, 1.82) is 0 Å². The van der Waals surface area contributed by atoms with Crippen molar-refractivity contribution in [1.82, 2.24) is 5.48 Å². The van der Waals surface area contributed by atoms with E-state index in [1.54, 1.807) is 21.3 Å². The summed E-state index contributed by atoms with van der Waals surface area (Å²) in [5.41, 5.74) is 5.15. The molecule has 0 saturated heterocycles. The number of hydrogen-bond donors (Lipinski definition) is 1. The highest BCUT2D eigenvalue weighted by Gasteiger charge is 2.16. The molecule has 4 heteroatoms. The first kappa shape index (κ1) is 13.8. The molecule has 0 spiro atoms. The van der Waals surface area contributed by atoms with E-state index in [4.69, 9.17) is 14.3 Å². The maximum atomic E-state index is 5.43. The molecule has 0 aliphatic rings. The molecule has 0 unspecified atom stereocenters. The highest BCUT2D eigenvalue weighted by atomic mass is 16.6. The van der Waals surface area contributed by atoms with Gasteiger partial charge in [-0.2, -0.15) is 5.48 Å². The van der Waals surface area contributed by atoms with Crippen LogP contribution >= 0.6 is 0 Å². The maximum absolute atomic E-state index is 5.43. The van der Waals surface area contributed by atoms with E-state index in [-0.39, 0.29) is 0 Å². The molecule has 0 heterocycles. The molecule has 1 aromatic rings. The lowest BCUT2D eigenvalue weighted by Gasteiger charge is -2.18. The van der Waals surface area contributed by atoms with Gasteiger partial charge >= 0.3 is 0 Å². The van der Waals surface area contributed by atoms with Crippen molar-refractivity contribution in [3.05, 3.63) is 23.3 Å². The molecule has 96 valence electrons. The fourth-order valence-electron chi connectivity index (χ4n) is 1.87. The Kier molecular flexibility index (Phi) is 5.25. The maximum Gasteiger partial charge on any atom is 0.165 e. The summed E-state index contributed by atoms with van der Waals surface area (Å²) in [6.45, 7) is 4.89. The molecule has 1 rings (SSSR count). The van der Waals surface area contributed by atoms with E-state index < -0.39 is 0 Å². The van der Waals surface area contributed by atoms with Gasteiger partial charge < -0.3 is 14.3 Å². The second-order valence-corrected chi connectivity index (χ2v) is 4.05. The largest absolute Gasteiger partial charge is 0.493 e. The fourth-order valence-corrected chi connectivity index (χ4v) is 1.87.